The van der Waals surface area contributed by atoms with Crippen molar-refractivity contribution in [1.29, 1.82) is 0 Å². The first kappa shape index (κ1) is 10.8. The normalized spacial score (nSPS) is 12.8. The Hall–Kier alpha value is -1.68. The van der Waals surface area contributed by atoms with Crippen LogP contribution in [0.2, 0.25) is 0 Å². The van der Waals surface area contributed by atoms with Crippen LogP contribution in [0.1, 0.15) is 24.1 Å². The van der Waals surface area contributed by atoms with Crippen LogP contribution in [0.15, 0.2) is 30.9 Å². The minimum Gasteiger partial charge on any atom is -0.324 e. The van der Waals surface area contributed by atoms with Gasteiger partial charge < -0.3 is 10.3 Å². The number of halogens is 1. The molecule has 2 aromatic rings. The number of benzene rings is 1. The fourth-order valence-corrected chi connectivity index (χ4v) is 1.67. The van der Waals surface area contributed by atoms with Gasteiger partial charge in [-0.25, -0.2) is 9.37 Å². The van der Waals surface area contributed by atoms with E-state index in [1.807, 2.05) is 17.7 Å². The molecular weight excluding hydrogens is 205 g/mol. The zero-order chi connectivity index (χ0) is 11.7. The summed E-state index contributed by atoms with van der Waals surface area (Å²) in [6, 6.07) is 3.07. The predicted molar refractivity (Wildman–Crippen MR) is 60.9 cm³/mol. The molecule has 0 bridgehead atoms. The van der Waals surface area contributed by atoms with E-state index in [1.165, 1.54) is 6.07 Å². The van der Waals surface area contributed by atoms with E-state index in [0.29, 0.717) is 5.56 Å². The van der Waals surface area contributed by atoms with Gasteiger partial charge in [-0.15, -0.1) is 0 Å². The summed E-state index contributed by atoms with van der Waals surface area (Å²) in [6.07, 6.45) is 5.18. The molecule has 1 aromatic carbocycles. The summed E-state index contributed by atoms with van der Waals surface area (Å²) in [5, 5.41) is 0. The highest BCUT2D eigenvalue weighted by molar-refractivity contribution is 5.45. The van der Waals surface area contributed by atoms with E-state index in [-0.39, 0.29) is 11.9 Å². The molecule has 84 valence electrons. The molecule has 1 aromatic heterocycles. The van der Waals surface area contributed by atoms with E-state index in [2.05, 4.69) is 4.98 Å². The van der Waals surface area contributed by atoms with Crippen molar-refractivity contribution in [3.8, 4) is 5.69 Å². The number of aromatic nitrogens is 2. The lowest BCUT2D eigenvalue weighted by Crippen LogP contribution is -2.10. The summed E-state index contributed by atoms with van der Waals surface area (Å²) in [7, 11) is 0. The van der Waals surface area contributed by atoms with Crippen LogP contribution >= 0.6 is 0 Å². The Kier molecular flexibility index (Phi) is 2.75. The summed E-state index contributed by atoms with van der Waals surface area (Å²) in [5.74, 6) is -0.226. The second-order valence-electron chi connectivity index (χ2n) is 3.92. The molecule has 3 nitrogen and oxygen atoms in total. The zero-order valence-electron chi connectivity index (χ0n) is 9.31. The molecule has 0 aliphatic rings. The number of hydrogen-bond acceptors (Lipinski definition) is 2. The van der Waals surface area contributed by atoms with E-state index in [1.54, 1.807) is 25.5 Å². The molecule has 0 spiro atoms. The third-order valence-corrected chi connectivity index (χ3v) is 2.58. The molecule has 0 aliphatic carbocycles. The second kappa shape index (κ2) is 4.06. The van der Waals surface area contributed by atoms with Crippen LogP contribution in [0.25, 0.3) is 5.69 Å². The van der Waals surface area contributed by atoms with Crippen LogP contribution in [-0.2, 0) is 0 Å². The number of rotatable bonds is 2. The van der Waals surface area contributed by atoms with Crippen LogP contribution < -0.4 is 5.73 Å². The molecule has 16 heavy (non-hydrogen) atoms. The highest BCUT2D eigenvalue weighted by atomic mass is 19.1. The highest BCUT2D eigenvalue weighted by Crippen LogP contribution is 2.23. The third kappa shape index (κ3) is 1.84. The number of nitrogens with zero attached hydrogens (tertiary/aromatic N) is 2. The molecule has 2 N–H and O–H groups in total. The van der Waals surface area contributed by atoms with Crippen LogP contribution in [0.3, 0.4) is 0 Å². The van der Waals surface area contributed by atoms with Gasteiger partial charge in [0.15, 0.2) is 0 Å². The minimum atomic E-state index is -0.226. The fraction of sp³-hybridized carbons (Fsp3) is 0.250. The summed E-state index contributed by atoms with van der Waals surface area (Å²) in [5.41, 5.74) is 8.10. The number of imidazole rings is 1. The van der Waals surface area contributed by atoms with Gasteiger partial charge in [-0.3, -0.25) is 0 Å². The maximum absolute atomic E-state index is 13.5. The van der Waals surface area contributed by atoms with Gasteiger partial charge in [-0.05, 0) is 37.1 Å². The Morgan fingerprint density at radius 3 is 2.75 bits per heavy atom. The van der Waals surface area contributed by atoms with Crippen molar-refractivity contribution in [2.45, 2.75) is 19.9 Å². The first-order valence-electron chi connectivity index (χ1n) is 5.13. The van der Waals surface area contributed by atoms with E-state index in [0.717, 1.165) is 11.3 Å². The molecule has 0 unspecified atom stereocenters. The van der Waals surface area contributed by atoms with Crippen molar-refractivity contribution >= 4 is 0 Å². The Balaban J connectivity index is 2.63. The third-order valence-electron chi connectivity index (χ3n) is 2.58. The van der Waals surface area contributed by atoms with E-state index < -0.39 is 0 Å². The van der Waals surface area contributed by atoms with Crippen molar-refractivity contribution in [2.75, 3.05) is 0 Å². The lowest BCUT2D eigenvalue weighted by atomic mass is 10.0. The molecule has 2 rings (SSSR count). The van der Waals surface area contributed by atoms with E-state index in [4.69, 9.17) is 5.73 Å². The molecule has 0 saturated heterocycles. The Morgan fingerprint density at radius 2 is 2.19 bits per heavy atom. The van der Waals surface area contributed by atoms with Gasteiger partial charge >= 0.3 is 0 Å². The minimum absolute atomic E-state index is 0.215. The first-order chi connectivity index (χ1) is 7.59. The molecule has 0 fully saturated rings. The van der Waals surface area contributed by atoms with Gasteiger partial charge in [-0.1, -0.05) is 0 Å². The lowest BCUT2D eigenvalue weighted by molar-refractivity contribution is 0.612. The second-order valence-corrected chi connectivity index (χ2v) is 3.92. The van der Waals surface area contributed by atoms with Crippen molar-refractivity contribution in [2.24, 2.45) is 5.73 Å². The van der Waals surface area contributed by atoms with Gasteiger partial charge in [0.1, 0.15) is 5.82 Å². The van der Waals surface area contributed by atoms with Gasteiger partial charge in [0.05, 0.1) is 12.0 Å². The van der Waals surface area contributed by atoms with Crippen LogP contribution in [0.4, 0.5) is 4.39 Å². The molecule has 0 saturated carbocycles. The average Bonchev–Trinajstić information content (AvgIpc) is 2.74. The van der Waals surface area contributed by atoms with Crippen molar-refractivity contribution in [3.63, 3.8) is 0 Å². The Bertz CT molecular complexity index is 489. The molecule has 1 heterocycles. The number of hydrogen-bond donors (Lipinski definition) is 1. The molecule has 4 heteroatoms. The smallest absolute Gasteiger partial charge is 0.126 e. The molecule has 0 amide bonds. The van der Waals surface area contributed by atoms with Crippen LogP contribution in [0.5, 0.6) is 0 Å². The quantitative estimate of drug-likeness (QED) is 0.842. The topological polar surface area (TPSA) is 43.8 Å². The maximum Gasteiger partial charge on any atom is 0.126 e. The van der Waals surface area contributed by atoms with Crippen molar-refractivity contribution in [3.05, 3.63) is 47.8 Å². The van der Waals surface area contributed by atoms with Gasteiger partial charge in [-0.2, -0.15) is 0 Å². The number of nitrogens with two attached hydrogens (primary N) is 1. The van der Waals surface area contributed by atoms with Crippen LogP contribution in [0, 0.1) is 12.7 Å². The molecular formula is C12H14FN3. The fourth-order valence-electron chi connectivity index (χ4n) is 1.67. The van der Waals surface area contributed by atoms with Gasteiger partial charge in [0.2, 0.25) is 0 Å². The average molecular weight is 219 g/mol. The van der Waals surface area contributed by atoms with E-state index in [9.17, 15) is 4.39 Å². The standard InChI is InChI=1S/C12H14FN3/c1-8-5-12(16-4-3-15-7-16)10(9(2)14)6-11(8)13/h3-7,9H,14H2,1-2H3/t9-/m1/s1. The Labute approximate surface area is 93.7 Å². The first-order valence-corrected chi connectivity index (χ1v) is 5.13. The SMILES string of the molecule is Cc1cc(-n2ccnc2)c([C@@H](C)N)cc1F. The van der Waals surface area contributed by atoms with Gasteiger partial charge in [0, 0.05) is 18.4 Å². The van der Waals surface area contributed by atoms with E-state index >= 15 is 0 Å². The zero-order valence-corrected chi connectivity index (χ0v) is 9.31. The summed E-state index contributed by atoms with van der Waals surface area (Å²) in [4.78, 5) is 3.98. The predicted octanol–water partition coefficient (Wildman–Crippen LogP) is 2.34. The molecule has 0 radical (unpaired) electrons. The maximum atomic E-state index is 13.5. The summed E-state index contributed by atoms with van der Waals surface area (Å²) < 4.78 is 15.3. The van der Waals surface area contributed by atoms with Gasteiger partial charge in [0.25, 0.3) is 0 Å². The Morgan fingerprint density at radius 1 is 1.44 bits per heavy atom. The lowest BCUT2D eigenvalue weighted by Gasteiger charge is -2.14. The van der Waals surface area contributed by atoms with Crippen LogP contribution in [-0.4, -0.2) is 9.55 Å². The summed E-state index contributed by atoms with van der Waals surface area (Å²) in [6.45, 7) is 3.57. The van der Waals surface area contributed by atoms with Crippen molar-refractivity contribution < 1.29 is 4.39 Å². The monoisotopic (exact) mass is 219 g/mol. The summed E-state index contributed by atoms with van der Waals surface area (Å²) >= 11 is 0. The van der Waals surface area contributed by atoms with Crippen molar-refractivity contribution in [1.82, 2.24) is 9.55 Å². The number of aryl methyl sites for hydroxylation is 1. The molecule has 1 atom stereocenters. The molecule has 0 aliphatic heterocycles. The largest absolute Gasteiger partial charge is 0.324 e. The highest BCUT2D eigenvalue weighted by Gasteiger charge is 2.11.